The summed E-state index contributed by atoms with van der Waals surface area (Å²) in [4.78, 5) is 4.08. The van der Waals surface area contributed by atoms with Gasteiger partial charge in [0.1, 0.15) is 4.60 Å². The number of hydrogen-bond acceptors (Lipinski definition) is 3. The van der Waals surface area contributed by atoms with Crippen LogP contribution in [0, 0.1) is 0 Å². The fourth-order valence-electron chi connectivity index (χ4n) is 0.712. The molecule has 0 aliphatic heterocycles. The zero-order valence-electron chi connectivity index (χ0n) is 6.17. The molecule has 2 N–H and O–H groups in total. The number of nitrogens with zero attached hydrogens (tertiary/aromatic N) is 1. The highest BCUT2D eigenvalue weighted by Gasteiger charge is 1.99. The predicted octanol–water partition coefficient (Wildman–Crippen LogP) is 1.31. The Morgan fingerprint density at radius 3 is 2.82 bits per heavy atom. The first-order valence-electron chi connectivity index (χ1n) is 3.17. The van der Waals surface area contributed by atoms with Crippen molar-refractivity contribution in [2.24, 2.45) is 5.73 Å². The lowest BCUT2D eigenvalue weighted by atomic mass is 10.3. The molecular weight excluding hydrogens is 208 g/mol. The Labute approximate surface area is 73.7 Å². The highest BCUT2D eigenvalue weighted by atomic mass is 79.9. The van der Waals surface area contributed by atoms with Gasteiger partial charge in [0.15, 0.2) is 0 Å². The van der Waals surface area contributed by atoms with E-state index in [1.54, 1.807) is 13.2 Å². The maximum Gasteiger partial charge on any atom is 0.214 e. The van der Waals surface area contributed by atoms with Gasteiger partial charge in [0.25, 0.3) is 0 Å². The molecule has 0 bridgehead atoms. The molecule has 0 amide bonds. The molecule has 0 saturated heterocycles. The van der Waals surface area contributed by atoms with Gasteiger partial charge in [0.05, 0.1) is 7.11 Å². The molecule has 0 atom stereocenters. The molecule has 0 saturated carbocycles. The number of aromatic nitrogens is 1. The number of methoxy groups -OCH3 is 1. The smallest absolute Gasteiger partial charge is 0.214 e. The van der Waals surface area contributed by atoms with Crippen molar-refractivity contribution in [3.05, 3.63) is 22.3 Å². The van der Waals surface area contributed by atoms with E-state index in [9.17, 15) is 0 Å². The van der Waals surface area contributed by atoms with E-state index in [0.717, 1.165) is 10.2 Å². The molecule has 0 radical (unpaired) electrons. The van der Waals surface area contributed by atoms with Gasteiger partial charge in [-0.25, -0.2) is 4.98 Å². The van der Waals surface area contributed by atoms with Crippen molar-refractivity contribution in [2.45, 2.75) is 6.54 Å². The van der Waals surface area contributed by atoms with Gasteiger partial charge >= 0.3 is 0 Å². The predicted molar refractivity (Wildman–Crippen MR) is 46.4 cm³/mol. The average molecular weight is 217 g/mol. The Kier molecular flexibility index (Phi) is 2.84. The summed E-state index contributed by atoms with van der Waals surface area (Å²) in [6.45, 7) is 0.484. The minimum absolute atomic E-state index is 0.484. The average Bonchev–Trinajstić information content (AvgIpc) is 2.04. The molecule has 1 aromatic heterocycles. The number of ether oxygens (including phenoxy) is 1. The van der Waals surface area contributed by atoms with Gasteiger partial charge in [0.2, 0.25) is 5.88 Å². The van der Waals surface area contributed by atoms with E-state index in [0.29, 0.717) is 12.4 Å². The lowest BCUT2D eigenvalue weighted by molar-refractivity contribution is 0.396. The van der Waals surface area contributed by atoms with Crippen LogP contribution < -0.4 is 10.5 Å². The maximum absolute atomic E-state index is 5.43. The normalized spacial score (nSPS) is 9.73. The monoisotopic (exact) mass is 216 g/mol. The van der Waals surface area contributed by atoms with Crippen LogP contribution in [-0.4, -0.2) is 12.1 Å². The molecule has 1 heterocycles. The lowest BCUT2D eigenvalue weighted by Gasteiger charge is -2.02. The second-order valence-electron chi connectivity index (χ2n) is 2.01. The summed E-state index contributed by atoms with van der Waals surface area (Å²) < 4.78 is 5.66. The largest absolute Gasteiger partial charge is 0.481 e. The van der Waals surface area contributed by atoms with E-state index in [2.05, 4.69) is 20.9 Å². The second kappa shape index (κ2) is 3.69. The molecule has 0 aliphatic rings. The summed E-state index contributed by atoms with van der Waals surface area (Å²) in [6, 6.07) is 3.67. The fraction of sp³-hybridized carbons (Fsp3) is 0.286. The lowest BCUT2D eigenvalue weighted by Crippen LogP contribution is -1.99. The van der Waals surface area contributed by atoms with Crippen molar-refractivity contribution < 1.29 is 4.74 Å². The van der Waals surface area contributed by atoms with Gasteiger partial charge in [0, 0.05) is 12.6 Å². The quantitative estimate of drug-likeness (QED) is 0.759. The van der Waals surface area contributed by atoms with Gasteiger partial charge in [-0.05, 0) is 27.6 Å². The van der Waals surface area contributed by atoms with Gasteiger partial charge < -0.3 is 10.5 Å². The van der Waals surface area contributed by atoms with E-state index in [1.165, 1.54) is 0 Å². The number of nitrogens with two attached hydrogens (primary N) is 1. The number of rotatable bonds is 2. The number of pyridine rings is 1. The molecule has 0 fully saturated rings. The first-order valence-corrected chi connectivity index (χ1v) is 3.96. The molecule has 0 aromatic carbocycles. The Morgan fingerprint density at radius 1 is 1.64 bits per heavy atom. The third kappa shape index (κ3) is 1.91. The highest BCUT2D eigenvalue weighted by Crippen LogP contribution is 2.17. The van der Waals surface area contributed by atoms with Crippen LogP contribution in [0.4, 0.5) is 0 Å². The van der Waals surface area contributed by atoms with Crippen LogP contribution in [0.1, 0.15) is 5.56 Å². The summed E-state index contributed by atoms with van der Waals surface area (Å²) in [5, 5.41) is 0. The molecule has 1 rings (SSSR count). The van der Waals surface area contributed by atoms with Crippen molar-refractivity contribution in [1.29, 1.82) is 0 Å². The zero-order valence-corrected chi connectivity index (χ0v) is 7.76. The Morgan fingerprint density at radius 2 is 2.36 bits per heavy atom. The van der Waals surface area contributed by atoms with Crippen molar-refractivity contribution >= 4 is 15.9 Å². The first kappa shape index (κ1) is 8.49. The van der Waals surface area contributed by atoms with Crippen LogP contribution in [0.15, 0.2) is 16.7 Å². The zero-order chi connectivity index (χ0) is 8.27. The van der Waals surface area contributed by atoms with Crippen LogP contribution in [0.5, 0.6) is 5.88 Å². The third-order valence-corrected chi connectivity index (χ3v) is 2.02. The third-order valence-electron chi connectivity index (χ3n) is 1.33. The molecule has 0 aliphatic carbocycles. The standard InChI is InChI=1S/C7H9BrN2O/c1-11-6-3-2-5(4-9)7(8)10-6/h2-3H,4,9H2,1H3. The fourth-order valence-corrected chi connectivity index (χ4v) is 1.18. The molecule has 0 unspecified atom stereocenters. The summed E-state index contributed by atoms with van der Waals surface area (Å²) in [6.07, 6.45) is 0. The second-order valence-corrected chi connectivity index (χ2v) is 2.76. The van der Waals surface area contributed by atoms with E-state index < -0.39 is 0 Å². The number of hydrogen-bond donors (Lipinski definition) is 1. The van der Waals surface area contributed by atoms with E-state index in [1.807, 2.05) is 6.07 Å². The van der Waals surface area contributed by atoms with Crippen LogP contribution in [0.25, 0.3) is 0 Å². The molecule has 3 nitrogen and oxygen atoms in total. The summed E-state index contributed by atoms with van der Waals surface area (Å²) in [5.74, 6) is 0.592. The Hall–Kier alpha value is -0.610. The molecular formula is C7H9BrN2O. The summed E-state index contributed by atoms with van der Waals surface area (Å²) in [5.41, 5.74) is 6.41. The highest BCUT2D eigenvalue weighted by molar-refractivity contribution is 9.10. The van der Waals surface area contributed by atoms with Crippen LogP contribution in [-0.2, 0) is 6.54 Å². The van der Waals surface area contributed by atoms with Crippen LogP contribution in [0.2, 0.25) is 0 Å². The summed E-state index contributed by atoms with van der Waals surface area (Å²) in [7, 11) is 1.58. The van der Waals surface area contributed by atoms with Crippen molar-refractivity contribution in [1.82, 2.24) is 4.98 Å². The van der Waals surface area contributed by atoms with Gasteiger partial charge in [-0.1, -0.05) is 0 Å². The molecule has 4 heteroatoms. The SMILES string of the molecule is COc1ccc(CN)c(Br)n1. The van der Waals surface area contributed by atoms with Gasteiger partial charge in [-0.2, -0.15) is 0 Å². The van der Waals surface area contributed by atoms with E-state index in [4.69, 9.17) is 10.5 Å². The number of halogens is 1. The minimum Gasteiger partial charge on any atom is -0.481 e. The first-order chi connectivity index (χ1) is 5.27. The van der Waals surface area contributed by atoms with Crippen molar-refractivity contribution in [2.75, 3.05) is 7.11 Å². The Bertz CT molecular complexity index is 252. The van der Waals surface area contributed by atoms with Crippen molar-refractivity contribution in [3.63, 3.8) is 0 Å². The molecule has 60 valence electrons. The topological polar surface area (TPSA) is 48.1 Å². The van der Waals surface area contributed by atoms with E-state index >= 15 is 0 Å². The van der Waals surface area contributed by atoms with Crippen LogP contribution in [0.3, 0.4) is 0 Å². The van der Waals surface area contributed by atoms with E-state index in [-0.39, 0.29) is 0 Å². The van der Waals surface area contributed by atoms with Gasteiger partial charge in [-0.15, -0.1) is 0 Å². The maximum atomic E-state index is 5.43. The van der Waals surface area contributed by atoms with Crippen LogP contribution >= 0.6 is 15.9 Å². The molecule has 0 spiro atoms. The molecule has 1 aromatic rings. The minimum atomic E-state index is 0.484. The van der Waals surface area contributed by atoms with Gasteiger partial charge in [-0.3, -0.25) is 0 Å². The summed E-state index contributed by atoms with van der Waals surface area (Å²) >= 11 is 3.28. The van der Waals surface area contributed by atoms with Crippen molar-refractivity contribution in [3.8, 4) is 5.88 Å². The Balaban J connectivity index is 2.99. The molecule has 11 heavy (non-hydrogen) atoms.